The molecule has 1 aliphatic rings. The highest BCUT2D eigenvalue weighted by molar-refractivity contribution is 7.99. The molecule has 3 rings (SSSR count). The van der Waals surface area contributed by atoms with Crippen LogP contribution in [0.2, 0.25) is 0 Å². The molecule has 6 nitrogen and oxygen atoms in total. The van der Waals surface area contributed by atoms with Gasteiger partial charge in [0.1, 0.15) is 5.82 Å². The minimum Gasteiger partial charge on any atom is -0.325 e. The molecule has 0 aliphatic heterocycles. The molecule has 0 bridgehead atoms. The Morgan fingerprint density at radius 2 is 2.20 bits per heavy atom. The van der Waals surface area contributed by atoms with Crippen molar-refractivity contribution >= 4 is 29.1 Å². The summed E-state index contributed by atoms with van der Waals surface area (Å²) >= 11 is 1.35. The molecule has 130 valence electrons. The van der Waals surface area contributed by atoms with Gasteiger partial charge >= 0.3 is 0 Å². The molecule has 0 spiro atoms. The van der Waals surface area contributed by atoms with Gasteiger partial charge in [0, 0.05) is 23.7 Å². The minimum absolute atomic E-state index is 0.0318. The molecule has 0 saturated heterocycles. The molecule has 1 aliphatic carbocycles. The molecule has 0 atom stereocenters. The number of hydrogen-bond acceptors (Lipinski definition) is 5. The first-order chi connectivity index (χ1) is 12.1. The fourth-order valence-electron chi connectivity index (χ4n) is 2.49. The number of ketones is 1. The Morgan fingerprint density at radius 1 is 1.40 bits per heavy atom. The van der Waals surface area contributed by atoms with Crippen molar-refractivity contribution in [3.63, 3.8) is 0 Å². The highest BCUT2D eigenvalue weighted by atomic mass is 32.2. The Balaban J connectivity index is 1.62. The molecule has 0 radical (unpaired) electrons. The number of Topliss-reactive ketones (excluding diaryl/α,β-unsaturated/α-hetero) is 1. The van der Waals surface area contributed by atoms with Crippen LogP contribution in [0, 0.1) is 0 Å². The quantitative estimate of drug-likeness (QED) is 0.446. The van der Waals surface area contributed by atoms with Crippen LogP contribution >= 0.6 is 11.8 Å². The molecule has 1 saturated carbocycles. The first-order valence-corrected chi connectivity index (χ1v) is 9.14. The second-order valence-electron chi connectivity index (χ2n) is 5.99. The maximum absolute atomic E-state index is 12.2. The van der Waals surface area contributed by atoms with Crippen molar-refractivity contribution in [2.24, 2.45) is 0 Å². The number of nitrogens with one attached hydrogen (secondary N) is 1. The second-order valence-corrected chi connectivity index (χ2v) is 6.93. The van der Waals surface area contributed by atoms with Crippen molar-refractivity contribution in [1.29, 1.82) is 0 Å². The zero-order valence-corrected chi connectivity index (χ0v) is 14.9. The van der Waals surface area contributed by atoms with Gasteiger partial charge in [0.2, 0.25) is 5.91 Å². The number of rotatable bonds is 8. The average molecular weight is 356 g/mol. The fourth-order valence-corrected chi connectivity index (χ4v) is 3.25. The summed E-state index contributed by atoms with van der Waals surface area (Å²) in [6, 6.07) is 6.92. The molecule has 0 unspecified atom stereocenters. The lowest BCUT2D eigenvalue weighted by Crippen LogP contribution is -2.15. The number of nitrogens with zero attached hydrogens (tertiary/aromatic N) is 3. The van der Waals surface area contributed by atoms with Gasteiger partial charge in [-0.3, -0.25) is 9.59 Å². The number of carbonyl (C=O) groups excluding carboxylic acids is 2. The Bertz CT molecular complexity index is 811. The van der Waals surface area contributed by atoms with Gasteiger partial charge in [-0.25, -0.2) is 0 Å². The van der Waals surface area contributed by atoms with Crippen LogP contribution in [-0.4, -0.2) is 32.2 Å². The first kappa shape index (κ1) is 17.4. The Kier molecular flexibility index (Phi) is 5.33. The number of hydrogen-bond donors (Lipinski definition) is 1. The lowest BCUT2D eigenvalue weighted by Gasteiger charge is -2.08. The van der Waals surface area contributed by atoms with Crippen LogP contribution in [0.4, 0.5) is 5.69 Å². The number of carbonyl (C=O) groups is 2. The van der Waals surface area contributed by atoms with Crippen LogP contribution < -0.4 is 5.32 Å². The smallest absolute Gasteiger partial charge is 0.234 e. The Labute approximate surface area is 150 Å². The van der Waals surface area contributed by atoms with Crippen molar-refractivity contribution < 1.29 is 9.59 Å². The number of aromatic nitrogens is 3. The van der Waals surface area contributed by atoms with Crippen molar-refractivity contribution in [3.05, 3.63) is 48.3 Å². The van der Waals surface area contributed by atoms with Crippen LogP contribution in [0.15, 0.2) is 42.1 Å². The molecule has 1 N–H and O–H groups in total. The summed E-state index contributed by atoms with van der Waals surface area (Å²) in [6.07, 6.45) is 4.10. The number of amides is 1. The van der Waals surface area contributed by atoms with E-state index in [9.17, 15) is 9.59 Å². The summed E-state index contributed by atoms with van der Waals surface area (Å²) in [5.74, 6) is 1.52. The second kappa shape index (κ2) is 7.65. The van der Waals surface area contributed by atoms with Crippen LogP contribution in [0.5, 0.6) is 0 Å². The van der Waals surface area contributed by atoms with Gasteiger partial charge in [0.05, 0.1) is 5.75 Å². The van der Waals surface area contributed by atoms with Crippen LogP contribution in [0.1, 0.15) is 41.9 Å². The lowest BCUT2D eigenvalue weighted by molar-refractivity contribution is -0.113. The normalized spacial score (nSPS) is 13.5. The zero-order valence-electron chi connectivity index (χ0n) is 14.1. The molecule has 7 heteroatoms. The molecular formula is C18H20N4O2S. The summed E-state index contributed by atoms with van der Waals surface area (Å²) < 4.78 is 2.03. The summed E-state index contributed by atoms with van der Waals surface area (Å²) in [7, 11) is 0. The molecule has 1 heterocycles. The van der Waals surface area contributed by atoms with E-state index in [-0.39, 0.29) is 17.4 Å². The predicted molar refractivity (Wildman–Crippen MR) is 98.0 cm³/mol. The Morgan fingerprint density at radius 3 is 2.88 bits per heavy atom. The maximum Gasteiger partial charge on any atom is 0.234 e. The monoisotopic (exact) mass is 356 g/mol. The van der Waals surface area contributed by atoms with Gasteiger partial charge in [0.15, 0.2) is 10.9 Å². The van der Waals surface area contributed by atoms with Gasteiger partial charge in [-0.1, -0.05) is 30.0 Å². The van der Waals surface area contributed by atoms with E-state index in [0.29, 0.717) is 23.7 Å². The van der Waals surface area contributed by atoms with Gasteiger partial charge in [-0.2, -0.15) is 0 Å². The van der Waals surface area contributed by atoms with E-state index < -0.39 is 0 Å². The van der Waals surface area contributed by atoms with E-state index in [1.807, 2.05) is 10.6 Å². The molecule has 1 amide bonds. The van der Waals surface area contributed by atoms with E-state index in [0.717, 1.165) is 23.8 Å². The number of thioether (sulfide) groups is 1. The minimum atomic E-state index is -0.146. The van der Waals surface area contributed by atoms with Crippen molar-refractivity contribution in [2.75, 3.05) is 11.1 Å². The van der Waals surface area contributed by atoms with Crippen LogP contribution in [0.25, 0.3) is 0 Å². The standard InChI is InChI=1S/C18H20N4O2S/c1-3-9-22-17(13-7-8-13)20-21-18(22)25-11-16(24)19-15-6-4-5-14(10-15)12(2)23/h3-6,10,13H,1,7-9,11H2,2H3,(H,19,24). The number of allylic oxidation sites excluding steroid dienone is 1. The van der Waals surface area contributed by atoms with Gasteiger partial charge in [-0.05, 0) is 31.9 Å². The predicted octanol–water partition coefficient (Wildman–Crippen LogP) is 3.27. The number of anilines is 1. The largest absolute Gasteiger partial charge is 0.325 e. The highest BCUT2D eigenvalue weighted by Crippen LogP contribution is 2.40. The van der Waals surface area contributed by atoms with Crippen LogP contribution in [0.3, 0.4) is 0 Å². The third-order valence-corrected chi connectivity index (χ3v) is 4.85. The summed E-state index contributed by atoms with van der Waals surface area (Å²) in [6.45, 7) is 5.92. The van der Waals surface area contributed by atoms with Crippen molar-refractivity contribution in [2.45, 2.75) is 37.4 Å². The molecule has 1 fully saturated rings. The first-order valence-electron chi connectivity index (χ1n) is 8.16. The molecule has 25 heavy (non-hydrogen) atoms. The van der Waals surface area contributed by atoms with Gasteiger partial charge in [0.25, 0.3) is 0 Å². The molecule has 1 aromatic carbocycles. The zero-order chi connectivity index (χ0) is 17.8. The molecule has 2 aromatic rings. The number of benzene rings is 1. The lowest BCUT2D eigenvalue weighted by atomic mass is 10.1. The van der Waals surface area contributed by atoms with Crippen molar-refractivity contribution in [3.8, 4) is 0 Å². The van der Waals surface area contributed by atoms with Crippen molar-refractivity contribution in [1.82, 2.24) is 14.8 Å². The fraction of sp³-hybridized carbons (Fsp3) is 0.333. The topological polar surface area (TPSA) is 76.9 Å². The molecule has 1 aromatic heterocycles. The van der Waals surface area contributed by atoms with Crippen LogP contribution in [-0.2, 0) is 11.3 Å². The van der Waals surface area contributed by atoms with E-state index >= 15 is 0 Å². The van der Waals surface area contributed by atoms with E-state index in [1.54, 1.807) is 24.3 Å². The Hall–Kier alpha value is -2.41. The summed E-state index contributed by atoms with van der Waals surface area (Å²) in [4.78, 5) is 23.6. The van der Waals surface area contributed by atoms with E-state index in [1.165, 1.54) is 18.7 Å². The maximum atomic E-state index is 12.2. The highest BCUT2D eigenvalue weighted by Gasteiger charge is 2.30. The third-order valence-electron chi connectivity index (χ3n) is 3.88. The van der Waals surface area contributed by atoms with E-state index in [4.69, 9.17) is 0 Å². The van der Waals surface area contributed by atoms with Gasteiger partial charge in [-0.15, -0.1) is 16.8 Å². The summed E-state index contributed by atoms with van der Waals surface area (Å²) in [5, 5.41) is 12.0. The summed E-state index contributed by atoms with van der Waals surface area (Å²) in [5.41, 5.74) is 1.19. The molecular weight excluding hydrogens is 336 g/mol. The average Bonchev–Trinajstić information content (AvgIpc) is 3.36. The third kappa shape index (κ3) is 4.36. The van der Waals surface area contributed by atoms with E-state index in [2.05, 4.69) is 22.1 Å². The van der Waals surface area contributed by atoms with Gasteiger partial charge < -0.3 is 9.88 Å². The SMILES string of the molecule is C=CCn1c(SCC(=O)Nc2cccc(C(C)=O)c2)nnc1C1CC1.